The number of carbonyl (C=O) groups excluding carboxylic acids is 1. The lowest BCUT2D eigenvalue weighted by atomic mass is 10.2. The third-order valence-electron chi connectivity index (χ3n) is 5.56. The lowest BCUT2D eigenvalue weighted by molar-refractivity contribution is -0.0716. The zero-order valence-corrected chi connectivity index (χ0v) is 17.0. The minimum atomic E-state index is -0.517. The molecular weight excluding hydrogens is 382 g/mol. The van der Waals surface area contributed by atoms with Crippen molar-refractivity contribution >= 4 is 11.6 Å². The second-order valence-electron chi connectivity index (χ2n) is 7.76. The summed E-state index contributed by atoms with van der Waals surface area (Å²) in [6, 6.07) is 13.0. The maximum absolute atomic E-state index is 12.7. The maximum atomic E-state index is 12.7. The molecule has 2 aliphatic rings. The summed E-state index contributed by atoms with van der Waals surface area (Å²) < 4.78 is 19.2. The van der Waals surface area contributed by atoms with E-state index in [-0.39, 0.29) is 5.91 Å². The first-order valence-electron chi connectivity index (χ1n) is 10.1. The van der Waals surface area contributed by atoms with Gasteiger partial charge in [0, 0.05) is 30.8 Å². The minimum Gasteiger partial charge on any atom is -0.494 e. The van der Waals surface area contributed by atoms with Crippen LogP contribution in [0.5, 0.6) is 17.2 Å². The van der Waals surface area contributed by atoms with Crippen LogP contribution < -0.4 is 19.5 Å². The first kappa shape index (κ1) is 18.5. The van der Waals surface area contributed by atoms with Crippen molar-refractivity contribution in [3.8, 4) is 22.9 Å². The highest BCUT2D eigenvalue weighted by molar-refractivity contribution is 6.03. The summed E-state index contributed by atoms with van der Waals surface area (Å²) >= 11 is 0. The van der Waals surface area contributed by atoms with Gasteiger partial charge in [0.15, 0.2) is 17.2 Å². The molecule has 1 spiro atoms. The number of anilines is 1. The highest BCUT2D eigenvalue weighted by atomic mass is 16.7. The van der Waals surface area contributed by atoms with Gasteiger partial charge < -0.3 is 19.5 Å². The lowest BCUT2D eigenvalue weighted by Crippen LogP contribution is -2.34. The van der Waals surface area contributed by atoms with Crippen molar-refractivity contribution < 1.29 is 19.0 Å². The molecule has 7 heteroatoms. The lowest BCUT2D eigenvalue weighted by Gasteiger charge is -2.21. The number of hydrogen-bond acceptors (Lipinski definition) is 5. The molecule has 2 aromatic carbocycles. The first-order valence-corrected chi connectivity index (χ1v) is 10.1. The van der Waals surface area contributed by atoms with Gasteiger partial charge in [-0.25, -0.2) is 4.68 Å². The van der Waals surface area contributed by atoms with Gasteiger partial charge in [0.2, 0.25) is 0 Å². The van der Waals surface area contributed by atoms with E-state index >= 15 is 0 Å². The average Bonchev–Trinajstić information content (AvgIpc) is 3.47. The molecular formula is C23H23N3O4. The summed E-state index contributed by atoms with van der Waals surface area (Å²) in [5, 5.41) is 7.32. The number of ether oxygens (including phenoxy) is 3. The van der Waals surface area contributed by atoms with E-state index in [4.69, 9.17) is 14.2 Å². The number of carbonyl (C=O) groups is 1. The van der Waals surface area contributed by atoms with Crippen molar-refractivity contribution in [2.45, 2.75) is 38.4 Å². The standard InChI is InChI=1S/C23H23N3O4/c1-15-5-7-19(28-2)18(13-15)26-12-9-17(25-26)22(27)24-16-6-8-20-21(14-16)30-23(29-20)10-3-4-11-23/h5-9,12-14H,3-4,10-11H2,1-2H3,(H,24,27). The molecule has 3 aromatic rings. The third-order valence-corrected chi connectivity index (χ3v) is 5.56. The predicted octanol–water partition coefficient (Wildman–Crippen LogP) is 4.48. The average molecular weight is 405 g/mol. The number of hydrogen-bond donors (Lipinski definition) is 1. The maximum Gasteiger partial charge on any atom is 0.276 e. The van der Waals surface area contributed by atoms with Crippen molar-refractivity contribution in [3.05, 3.63) is 59.9 Å². The molecule has 1 N–H and O–H groups in total. The van der Waals surface area contributed by atoms with Crippen molar-refractivity contribution in [3.63, 3.8) is 0 Å². The van der Waals surface area contributed by atoms with Crippen LogP contribution >= 0.6 is 0 Å². The summed E-state index contributed by atoms with van der Waals surface area (Å²) in [5.74, 6) is 1.27. The van der Waals surface area contributed by atoms with Gasteiger partial charge in [0.1, 0.15) is 11.4 Å². The Morgan fingerprint density at radius 1 is 1.10 bits per heavy atom. The minimum absolute atomic E-state index is 0.296. The second kappa shape index (κ2) is 7.09. The van der Waals surface area contributed by atoms with Crippen LogP contribution in [0.3, 0.4) is 0 Å². The summed E-state index contributed by atoms with van der Waals surface area (Å²) in [5.41, 5.74) is 2.80. The van der Waals surface area contributed by atoms with Gasteiger partial charge in [-0.05, 0) is 55.7 Å². The van der Waals surface area contributed by atoms with Crippen molar-refractivity contribution in [2.75, 3.05) is 12.4 Å². The zero-order valence-electron chi connectivity index (χ0n) is 17.0. The number of nitrogens with zero attached hydrogens (tertiary/aromatic N) is 2. The molecule has 0 saturated heterocycles. The van der Waals surface area contributed by atoms with E-state index in [9.17, 15) is 4.79 Å². The molecule has 0 unspecified atom stereocenters. The first-order chi connectivity index (χ1) is 14.5. The van der Waals surface area contributed by atoms with E-state index < -0.39 is 5.79 Å². The zero-order chi connectivity index (χ0) is 20.7. The van der Waals surface area contributed by atoms with Crippen LogP contribution in [0.4, 0.5) is 5.69 Å². The Labute approximate surface area is 174 Å². The van der Waals surface area contributed by atoms with Crippen molar-refractivity contribution in [1.82, 2.24) is 9.78 Å². The molecule has 7 nitrogen and oxygen atoms in total. The van der Waals surface area contributed by atoms with Crippen LogP contribution in [-0.2, 0) is 0 Å². The van der Waals surface area contributed by atoms with Gasteiger partial charge >= 0.3 is 0 Å². The van der Waals surface area contributed by atoms with E-state index in [1.54, 1.807) is 30.1 Å². The fourth-order valence-electron chi connectivity index (χ4n) is 4.04. The van der Waals surface area contributed by atoms with Gasteiger partial charge in [0.25, 0.3) is 11.7 Å². The summed E-state index contributed by atoms with van der Waals surface area (Å²) in [4.78, 5) is 12.7. The van der Waals surface area contributed by atoms with E-state index in [2.05, 4.69) is 10.4 Å². The van der Waals surface area contributed by atoms with Crippen LogP contribution in [0.25, 0.3) is 5.69 Å². The monoisotopic (exact) mass is 405 g/mol. The Kier molecular flexibility index (Phi) is 4.38. The Bertz CT molecular complexity index is 1120. The highest BCUT2D eigenvalue weighted by Crippen LogP contribution is 2.47. The fourth-order valence-corrected chi connectivity index (χ4v) is 4.04. The molecule has 1 saturated carbocycles. The molecule has 1 fully saturated rings. The predicted molar refractivity (Wildman–Crippen MR) is 112 cm³/mol. The van der Waals surface area contributed by atoms with E-state index in [1.165, 1.54) is 0 Å². The summed E-state index contributed by atoms with van der Waals surface area (Å²) in [6.07, 6.45) is 5.74. The number of nitrogens with one attached hydrogen (secondary N) is 1. The third kappa shape index (κ3) is 3.26. The summed E-state index contributed by atoms with van der Waals surface area (Å²) in [7, 11) is 1.61. The van der Waals surface area contributed by atoms with Crippen LogP contribution in [0.1, 0.15) is 41.7 Å². The van der Waals surface area contributed by atoms with Crippen molar-refractivity contribution in [1.29, 1.82) is 0 Å². The number of methoxy groups -OCH3 is 1. The van der Waals surface area contributed by atoms with Crippen LogP contribution in [0.2, 0.25) is 0 Å². The number of rotatable bonds is 4. The largest absolute Gasteiger partial charge is 0.494 e. The molecule has 1 amide bonds. The molecule has 5 rings (SSSR count). The quantitative estimate of drug-likeness (QED) is 0.693. The summed E-state index contributed by atoms with van der Waals surface area (Å²) in [6.45, 7) is 2.00. The molecule has 154 valence electrons. The topological polar surface area (TPSA) is 74.6 Å². The highest BCUT2D eigenvalue weighted by Gasteiger charge is 2.44. The van der Waals surface area contributed by atoms with Crippen LogP contribution in [0.15, 0.2) is 48.7 Å². The second-order valence-corrected chi connectivity index (χ2v) is 7.76. The van der Waals surface area contributed by atoms with Crippen LogP contribution in [-0.4, -0.2) is 28.6 Å². The molecule has 1 aromatic heterocycles. The Balaban J connectivity index is 1.34. The number of benzene rings is 2. The van der Waals surface area contributed by atoms with Crippen LogP contribution in [0, 0.1) is 6.92 Å². The van der Waals surface area contributed by atoms with E-state index in [0.717, 1.165) is 42.7 Å². The van der Waals surface area contributed by atoms with Gasteiger partial charge in [-0.2, -0.15) is 5.10 Å². The Morgan fingerprint density at radius 3 is 2.70 bits per heavy atom. The number of aryl methyl sites for hydroxylation is 1. The number of fused-ring (bicyclic) bond motifs is 1. The SMILES string of the molecule is COc1ccc(C)cc1-n1ccc(C(=O)Nc2ccc3c(c2)OC2(CCCC2)O3)n1. The molecule has 0 atom stereocenters. The molecule has 2 heterocycles. The van der Waals surface area contributed by atoms with Gasteiger partial charge in [-0.1, -0.05) is 6.07 Å². The molecule has 1 aliphatic heterocycles. The van der Waals surface area contributed by atoms with E-state index in [0.29, 0.717) is 22.9 Å². The smallest absolute Gasteiger partial charge is 0.276 e. The molecule has 1 aliphatic carbocycles. The Hall–Kier alpha value is -3.48. The number of amides is 1. The van der Waals surface area contributed by atoms with Crippen molar-refractivity contribution in [2.24, 2.45) is 0 Å². The molecule has 0 radical (unpaired) electrons. The van der Waals surface area contributed by atoms with E-state index in [1.807, 2.05) is 37.3 Å². The number of aromatic nitrogens is 2. The normalized spacial score (nSPS) is 16.1. The van der Waals surface area contributed by atoms with Gasteiger partial charge in [-0.15, -0.1) is 0 Å². The fraction of sp³-hybridized carbons (Fsp3) is 0.304. The molecule has 30 heavy (non-hydrogen) atoms. The van der Waals surface area contributed by atoms with Gasteiger partial charge in [-0.3, -0.25) is 4.79 Å². The molecule has 0 bridgehead atoms. The Morgan fingerprint density at radius 2 is 1.90 bits per heavy atom. The van der Waals surface area contributed by atoms with Gasteiger partial charge in [0.05, 0.1) is 7.11 Å².